The maximum absolute atomic E-state index is 11.1. The van der Waals surface area contributed by atoms with Crippen LogP contribution >= 0.6 is 0 Å². The van der Waals surface area contributed by atoms with Gasteiger partial charge in [0.1, 0.15) is 0 Å². The molecule has 0 aliphatic rings. The van der Waals surface area contributed by atoms with Crippen LogP contribution in [0.25, 0.3) is 0 Å². The van der Waals surface area contributed by atoms with Gasteiger partial charge >= 0.3 is 121 Å². The Bertz CT molecular complexity index is 377. The minimum atomic E-state index is -4.65. The molecule has 0 spiro atoms. The summed E-state index contributed by atoms with van der Waals surface area (Å²) in [4.78, 5) is 44.5. The Morgan fingerprint density at radius 2 is 1.05 bits per heavy atom. The standard InChI is InChI=1S/C2H7N2.4C2H3O2.Ag/c3-1-2-4;4*1-2(3)4;/h3H,1-2,4H2;4*1H2,(H,3,4);/q-1;;;;;+1. The summed E-state index contributed by atoms with van der Waals surface area (Å²) in [6.45, 7) is -0.0719. The molecule has 21 heavy (non-hydrogen) atoms. The summed E-state index contributed by atoms with van der Waals surface area (Å²) in [7, 11) is 0. The van der Waals surface area contributed by atoms with Crippen LogP contribution in [0.2, 0.25) is 18.6 Å². The first kappa shape index (κ1) is 19.5. The number of nitrogens with two attached hydrogens (primary N) is 1. The van der Waals surface area contributed by atoms with Crippen molar-refractivity contribution in [3.8, 4) is 0 Å². The van der Waals surface area contributed by atoms with Gasteiger partial charge in [0.05, 0.1) is 0 Å². The summed E-state index contributed by atoms with van der Waals surface area (Å²) in [5.74, 6) is -5.79. The molecule has 0 saturated carbocycles. The molecule has 0 aromatic heterocycles. The quantitative estimate of drug-likeness (QED) is 0.237. The normalized spacial score (nSPS) is 13.1. The van der Waals surface area contributed by atoms with Gasteiger partial charge in [-0.05, 0) is 0 Å². The fraction of sp³-hybridized carbons (Fsp3) is 0.600. The molecule has 128 valence electrons. The molecule has 7 N–H and O–H groups in total. The number of hydrogen-bond donors (Lipinski definition) is 6. The molecule has 0 aromatic rings. The Morgan fingerprint density at radius 1 is 0.762 bits per heavy atom. The van der Waals surface area contributed by atoms with Crippen molar-refractivity contribution in [1.29, 1.82) is 0 Å². The second-order valence-corrected chi connectivity index (χ2v) is 13.1. The van der Waals surface area contributed by atoms with Crippen LogP contribution in [0.5, 0.6) is 0 Å². The van der Waals surface area contributed by atoms with Crippen LogP contribution in [0.15, 0.2) is 0 Å². The Labute approximate surface area is 121 Å². The average Bonchev–Trinajstić information content (AvgIpc) is 2.21. The summed E-state index contributed by atoms with van der Waals surface area (Å²) in [6.07, 6.45) is 0. The van der Waals surface area contributed by atoms with Crippen molar-refractivity contribution in [2.45, 2.75) is 18.6 Å². The summed E-state index contributed by atoms with van der Waals surface area (Å²) in [5.41, 5.74) is 5.29. The van der Waals surface area contributed by atoms with Gasteiger partial charge < -0.3 is 0 Å². The Hall–Kier alpha value is -1.46. The van der Waals surface area contributed by atoms with Gasteiger partial charge in [-0.15, -0.1) is 0 Å². The monoisotopic (exact) mass is 402 g/mol. The molecule has 0 fully saturated rings. The number of hydrogen-bond acceptors (Lipinski definition) is 6. The molecule has 0 aliphatic carbocycles. The first-order valence-electron chi connectivity index (χ1n) is 5.39. The van der Waals surface area contributed by atoms with E-state index >= 15 is 0 Å². The van der Waals surface area contributed by atoms with Crippen molar-refractivity contribution in [1.82, 2.24) is 3.72 Å². The molecule has 0 aromatic carbocycles. The van der Waals surface area contributed by atoms with Crippen molar-refractivity contribution in [2.24, 2.45) is 5.73 Å². The van der Waals surface area contributed by atoms with Crippen LogP contribution in [-0.2, 0) is 35.3 Å². The van der Waals surface area contributed by atoms with Crippen LogP contribution in [-0.4, -0.2) is 57.4 Å². The molecule has 0 amide bonds. The topological polar surface area (TPSA) is 187 Å². The number of carboxylic acid groups (broad SMARTS) is 4. The number of aliphatic carboxylic acids is 4. The zero-order chi connectivity index (χ0) is 16.7. The average molecular weight is 403 g/mol. The zero-order valence-corrected chi connectivity index (χ0v) is 12.5. The molecule has 0 saturated heterocycles. The Morgan fingerprint density at radius 3 is 1.24 bits per heavy atom. The summed E-state index contributed by atoms with van der Waals surface area (Å²) in [5, 5.41) is 36.2. The Balaban J connectivity index is 6.04. The van der Waals surface area contributed by atoms with Gasteiger partial charge in [-0.1, -0.05) is 0 Å². The van der Waals surface area contributed by atoms with Gasteiger partial charge in [0, 0.05) is 0 Å². The molecule has 0 unspecified atom stereocenters. The van der Waals surface area contributed by atoms with E-state index in [1.807, 2.05) is 0 Å². The van der Waals surface area contributed by atoms with Crippen LogP contribution in [0.3, 0.4) is 0 Å². The molecule has 10 nitrogen and oxygen atoms in total. The van der Waals surface area contributed by atoms with Crippen LogP contribution < -0.4 is 9.45 Å². The van der Waals surface area contributed by atoms with E-state index in [-0.39, 0.29) is 13.1 Å². The maximum atomic E-state index is 11.1. The predicted molar refractivity (Wildman–Crippen MR) is 66.8 cm³/mol. The third-order valence-corrected chi connectivity index (χ3v) is 11.1. The molecule has 0 radical (unpaired) electrons. The molecule has 11 heteroatoms. The van der Waals surface area contributed by atoms with E-state index in [2.05, 4.69) is 3.72 Å². The summed E-state index contributed by atoms with van der Waals surface area (Å²) >= 11 is -4.65. The Kier molecular flexibility index (Phi) is 7.00. The van der Waals surface area contributed by atoms with E-state index in [9.17, 15) is 19.2 Å². The first-order chi connectivity index (χ1) is 9.54. The number of carbonyl (C=O) groups is 4. The molecule has 0 heterocycles. The number of nitrogens with one attached hydrogen (secondary N) is 1. The van der Waals surface area contributed by atoms with Crippen molar-refractivity contribution in [3.05, 3.63) is 0 Å². The van der Waals surface area contributed by atoms with E-state index in [0.717, 1.165) is 0 Å². The van der Waals surface area contributed by atoms with E-state index in [4.69, 9.17) is 26.2 Å². The van der Waals surface area contributed by atoms with Crippen LogP contribution in [0.4, 0.5) is 0 Å². The molecular formula is C10H19AgN2O8. The van der Waals surface area contributed by atoms with E-state index in [0.29, 0.717) is 0 Å². The second kappa shape index (κ2) is 7.52. The number of carboxylic acids is 4. The molecule has 0 bridgehead atoms. The van der Waals surface area contributed by atoms with Crippen LogP contribution in [0.1, 0.15) is 0 Å². The van der Waals surface area contributed by atoms with Crippen molar-refractivity contribution < 1.29 is 55.7 Å². The van der Waals surface area contributed by atoms with Gasteiger partial charge in [0.15, 0.2) is 0 Å². The van der Waals surface area contributed by atoms with Crippen molar-refractivity contribution >= 4 is 23.9 Å². The fourth-order valence-corrected chi connectivity index (χ4v) is 9.41. The molecule has 0 aliphatic heterocycles. The van der Waals surface area contributed by atoms with Gasteiger partial charge in [0.2, 0.25) is 0 Å². The second-order valence-electron chi connectivity index (χ2n) is 3.98. The predicted octanol–water partition coefficient (Wildman–Crippen LogP) is -0.849. The minimum absolute atomic E-state index is 0.0117. The first-order valence-corrected chi connectivity index (χ1v) is 10.3. The summed E-state index contributed by atoms with van der Waals surface area (Å²) in [6, 6.07) is 0. The van der Waals surface area contributed by atoms with Gasteiger partial charge in [-0.2, -0.15) is 0 Å². The zero-order valence-electron chi connectivity index (χ0n) is 11.0. The van der Waals surface area contributed by atoms with E-state index in [1.54, 1.807) is 0 Å². The molecule has 0 atom stereocenters. The summed E-state index contributed by atoms with van der Waals surface area (Å²) < 4.78 is -0.683. The number of rotatable bonds is 11. The molecular weight excluding hydrogens is 384 g/mol. The SMILES string of the molecule is NCC[NH][Ag]([CH2]C(=O)O)([CH2]C(=O)O)([CH2]C(=O)O)[CH2]C(=O)O. The van der Waals surface area contributed by atoms with Crippen molar-refractivity contribution in [3.63, 3.8) is 0 Å². The fourth-order valence-electron chi connectivity index (χ4n) is 1.59. The van der Waals surface area contributed by atoms with E-state index < -0.39 is 58.5 Å². The van der Waals surface area contributed by atoms with Gasteiger partial charge in [0.25, 0.3) is 0 Å². The van der Waals surface area contributed by atoms with E-state index in [1.165, 1.54) is 0 Å². The third kappa shape index (κ3) is 6.23. The van der Waals surface area contributed by atoms with Crippen LogP contribution in [0, 0.1) is 0 Å². The molecule has 0 rings (SSSR count). The van der Waals surface area contributed by atoms with Gasteiger partial charge in [-0.3, -0.25) is 0 Å². The third-order valence-electron chi connectivity index (χ3n) is 2.00. The van der Waals surface area contributed by atoms with Crippen molar-refractivity contribution in [2.75, 3.05) is 13.1 Å². The van der Waals surface area contributed by atoms with Gasteiger partial charge in [-0.25, -0.2) is 0 Å².